The summed E-state index contributed by atoms with van der Waals surface area (Å²) < 4.78 is 53.4. The maximum Gasteiger partial charge on any atom is 0.417 e. The van der Waals surface area contributed by atoms with Crippen molar-refractivity contribution < 1.29 is 27.5 Å². The van der Waals surface area contributed by atoms with Crippen molar-refractivity contribution in [3.63, 3.8) is 0 Å². The summed E-state index contributed by atoms with van der Waals surface area (Å²) in [5.41, 5.74) is 1.47. The molecule has 0 saturated carbocycles. The first-order valence-corrected chi connectivity index (χ1v) is 12.3. The van der Waals surface area contributed by atoms with E-state index in [1.54, 1.807) is 19.3 Å². The third-order valence-corrected chi connectivity index (χ3v) is 5.96. The van der Waals surface area contributed by atoms with E-state index in [1.165, 1.54) is 24.3 Å². The summed E-state index contributed by atoms with van der Waals surface area (Å²) in [5, 5.41) is 17.4. The lowest BCUT2D eigenvalue weighted by Gasteiger charge is -2.18. The molecule has 2 aromatic carbocycles. The Morgan fingerprint density at radius 1 is 0.950 bits per heavy atom. The maximum atomic E-state index is 13.4. The van der Waals surface area contributed by atoms with Crippen molar-refractivity contribution in [3.05, 3.63) is 101 Å². The number of nitrogens with one attached hydrogen (secondary N) is 3. The van der Waals surface area contributed by atoms with E-state index in [9.17, 15) is 22.4 Å². The van der Waals surface area contributed by atoms with E-state index in [2.05, 4.69) is 30.9 Å². The van der Waals surface area contributed by atoms with E-state index < -0.39 is 29.5 Å². The number of benzene rings is 2. The van der Waals surface area contributed by atoms with Crippen LogP contribution in [-0.2, 0) is 12.7 Å². The van der Waals surface area contributed by atoms with Crippen LogP contribution in [0.4, 0.5) is 29.2 Å². The molecular weight excluding hydrogens is 528 g/mol. The summed E-state index contributed by atoms with van der Waals surface area (Å²) in [6.07, 6.45) is -0.866. The number of rotatable bonds is 10. The molecule has 0 aliphatic heterocycles. The van der Waals surface area contributed by atoms with Gasteiger partial charge in [-0.15, -0.1) is 0 Å². The monoisotopic (exact) mass is 554 g/mol. The predicted molar refractivity (Wildman–Crippen MR) is 142 cm³/mol. The van der Waals surface area contributed by atoms with Gasteiger partial charge < -0.3 is 21.1 Å². The van der Waals surface area contributed by atoms with Crippen LogP contribution in [0.15, 0.2) is 73.2 Å². The highest BCUT2D eigenvalue weighted by Gasteiger charge is 2.32. The van der Waals surface area contributed by atoms with Gasteiger partial charge in [0.2, 0.25) is 0 Å². The zero-order valence-electron chi connectivity index (χ0n) is 21.3. The Morgan fingerprint density at radius 3 is 2.30 bits per heavy atom. The van der Waals surface area contributed by atoms with Gasteiger partial charge in [0, 0.05) is 24.8 Å². The van der Waals surface area contributed by atoms with Gasteiger partial charge in [-0.2, -0.15) is 13.2 Å². The summed E-state index contributed by atoms with van der Waals surface area (Å²) in [5.74, 6) is -0.683. The minimum atomic E-state index is -4.69. The molecule has 0 spiro atoms. The molecule has 40 heavy (non-hydrogen) atoms. The number of aromatic nitrogens is 3. The molecule has 0 aliphatic rings. The van der Waals surface area contributed by atoms with Gasteiger partial charge in [0.1, 0.15) is 17.5 Å². The molecule has 0 radical (unpaired) electrons. The highest BCUT2D eigenvalue weighted by Crippen LogP contribution is 2.31. The molecule has 12 heteroatoms. The molecule has 8 nitrogen and oxygen atoms in total. The minimum Gasteiger partial charge on any atom is -0.395 e. The van der Waals surface area contributed by atoms with Crippen molar-refractivity contribution in [2.45, 2.75) is 25.7 Å². The molecule has 208 valence electrons. The van der Waals surface area contributed by atoms with Crippen LogP contribution in [0, 0.1) is 5.82 Å². The highest BCUT2D eigenvalue weighted by molar-refractivity contribution is 5.99. The molecule has 1 atom stereocenters. The maximum absolute atomic E-state index is 13.4. The van der Waals surface area contributed by atoms with Gasteiger partial charge in [-0.1, -0.05) is 36.4 Å². The Kier molecular flexibility index (Phi) is 8.90. The summed E-state index contributed by atoms with van der Waals surface area (Å²) in [6.45, 7) is 2.16. The third-order valence-electron chi connectivity index (χ3n) is 5.96. The lowest BCUT2D eigenvalue weighted by atomic mass is 10.1. The average molecular weight is 555 g/mol. The number of carbonyl (C=O) groups is 1. The van der Waals surface area contributed by atoms with E-state index in [1.807, 2.05) is 24.3 Å². The van der Waals surface area contributed by atoms with E-state index in [0.29, 0.717) is 29.8 Å². The minimum absolute atomic E-state index is 0.0160. The highest BCUT2D eigenvalue weighted by atomic mass is 19.4. The molecule has 2 heterocycles. The van der Waals surface area contributed by atoms with Crippen LogP contribution >= 0.6 is 0 Å². The Hall–Kier alpha value is -4.58. The van der Waals surface area contributed by atoms with Crippen molar-refractivity contribution in [3.8, 4) is 11.3 Å². The first kappa shape index (κ1) is 28.4. The van der Waals surface area contributed by atoms with Gasteiger partial charge in [-0.25, -0.2) is 14.4 Å². The lowest BCUT2D eigenvalue weighted by Crippen LogP contribution is -2.28. The standard InChI is InChI=1S/C28H26F4N6O2/c1-17(19-6-8-22(29)9-7-19)38-27(40)23-12-21(28(30,31)32)14-37-26(23)36-13-18-2-4-20(5-3-18)24-15-35-25(16-34-24)33-10-11-39/h2-9,12,14-17,39H,10-11,13H2,1H3,(H,33,35)(H,36,37)(H,38,40)/t17-/m0/s1. The number of carbonyl (C=O) groups excluding carboxylic acids is 1. The van der Waals surface area contributed by atoms with Crippen LogP contribution in [0.25, 0.3) is 11.3 Å². The molecule has 0 unspecified atom stereocenters. The number of nitrogens with zero attached hydrogens (tertiary/aromatic N) is 3. The number of aliphatic hydroxyl groups excluding tert-OH is 1. The summed E-state index contributed by atoms with van der Waals surface area (Å²) in [7, 11) is 0. The van der Waals surface area contributed by atoms with Gasteiger partial charge >= 0.3 is 6.18 Å². The van der Waals surface area contributed by atoms with E-state index in [-0.39, 0.29) is 24.5 Å². The molecule has 4 aromatic rings. The fourth-order valence-corrected chi connectivity index (χ4v) is 3.77. The number of anilines is 2. The number of aliphatic hydroxyl groups is 1. The summed E-state index contributed by atoms with van der Waals surface area (Å²) in [4.78, 5) is 25.5. The van der Waals surface area contributed by atoms with Crippen molar-refractivity contribution in [2.75, 3.05) is 23.8 Å². The molecule has 0 bridgehead atoms. The Morgan fingerprint density at radius 2 is 1.68 bits per heavy atom. The van der Waals surface area contributed by atoms with Gasteiger partial charge in [-0.3, -0.25) is 9.78 Å². The third kappa shape index (κ3) is 7.29. The number of amides is 1. The second-order valence-electron chi connectivity index (χ2n) is 8.85. The van der Waals surface area contributed by atoms with Gasteiger partial charge in [-0.05, 0) is 36.2 Å². The Balaban J connectivity index is 1.48. The predicted octanol–water partition coefficient (Wildman–Crippen LogP) is 5.20. The molecule has 2 aromatic heterocycles. The second kappa shape index (κ2) is 12.5. The van der Waals surface area contributed by atoms with Crippen molar-refractivity contribution in [1.29, 1.82) is 0 Å². The molecule has 0 fully saturated rings. The molecule has 0 saturated heterocycles. The molecule has 4 rings (SSSR count). The summed E-state index contributed by atoms with van der Waals surface area (Å²) in [6, 6.07) is 12.9. The van der Waals surface area contributed by atoms with Crippen molar-refractivity contribution >= 4 is 17.5 Å². The number of hydrogen-bond donors (Lipinski definition) is 4. The fraction of sp³-hybridized carbons (Fsp3) is 0.214. The van der Waals surface area contributed by atoms with Gasteiger partial charge in [0.05, 0.1) is 41.9 Å². The number of alkyl halides is 3. The summed E-state index contributed by atoms with van der Waals surface area (Å²) >= 11 is 0. The molecule has 1 amide bonds. The SMILES string of the molecule is C[C@H](NC(=O)c1cc(C(F)(F)F)cnc1NCc1ccc(-c2cnc(NCCO)cn2)cc1)c1ccc(F)cc1. The van der Waals surface area contributed by atoms with Crippen LogP contribution in [0.2, 0.25) is 0 Å². The van der Waals surface area contributed by atoms with Crippen LogP contribution in [-0.4, -0.2) is 39.1 Å². The first-order valence-electron chi connectivity index (χ1n) is 12.3. The van der Waals surface area contributed by atoms with Crippen LogP contribution in [0.3, 0.4) is 0 Å². The lowest BCUT2D eigenvalue weighted by molar-refractivity contribution is -0.137. The zero-order chi connectivity index (χ0) is 28.7. The van der Waals surface area contributed by atoms with Crippen LogP contribution < -0.4 is 16.0 Å². The van der Waals surface area contributed by atoms with Crippen LogP contribution in [0.1, 0.15) is 40.0 Å². The number of pyridine rings is 1. The van der Waals surface area contributed by atoms with E-state index in [0.717, 1.165) is 17.2 Å². The Labute approximate surface area is 227 Å². The largest absolute Gasteiger partial charge is 0.417 e. The van der Waals surface area contributed by atoms with E-state index >= 15 is 0 Å². The van der Waals surface area contributed by atoms with Crippen LogP contribution in [0.5, 0.6) is 0 Å². The zero-order valence-corrected chi connectivity index (χ0v) is 21.3. The van der Waals surface area contributed by atoms with Gasteiger partial charge in [0.25, 0.3) is 5.91 Å². The first-order chi connectivity index (χ1) is 19.1. The molecule has 0 aliphatic carbocycles. The normalized spacial score (nSPS) is 12.1. The average Bonchev–Trinajstić information content (AvgIpc) is 2.95. The molecular formula is C28H26F4N6O2. The van der Waals surface area contributed by atoms with Crippen molar-refractivity contribution in [2.24, 2.45) is 0 Å². The number of halogens is 4. The fourth-order valence-electron chi connectivity index (χ4n) is 3.77. The van der Waals surface area contributed by atoms with Gasteiger partial charge in [0.15, 0.2) is 0 Å². The second-order valence-corrected chi connectivity index (χ2v) is 8.85. The smallest absolute Gasteiger partial charge is 0.395 e. The van der Waals surface area contributed by atoms with Crippen molar-refractivity contribution in [1.82, 2.24) is 20.3 Å². The number of hydrogen-bond acceptors (Lipinski definition) is 7. The Bertz CT molecular complexity index is 1430. The molecule has 4 N–H and O–H groups in total. The topological polar surface area (TPSA) is 112 Å². The quantitative estimate of drug-likeness (QED) is 0.199. The van der Waals surface area contributed by atoms with E-state index in [4.69, 9.17) is 5.11 Å².